The number of H-pyrrole nitrogens is 1. The lowest BCUT2D eigenvalue weighted by atomic mass is 10.1. The number of hydrogen-bond acceptors (Lipinski definition) is 7. The Morgan fingerprint density at radius 3 is 2.62 bits per heavy atom. The number of aromatic nitrogens is 3. The molecule has 0 bridgehead atoms. The number of hydrogen-bond donors (Lipinski definition) is 2. The van der Waals surface area contributed by atoms with E-state index in [4.69, 9.17) is 4.74 Å². The van der Waals surface area contributed by atoms with Crippen molar-refractivity contribution in [1.82, 2.24) is 19.5 Å². The fraction of sp³-hybridized carbons (Fsp3) is 0.286. The van der Waals surface area contributed by atoms with Gasteiger partial charge in [-0.3, -0.25) is 9.89 Å². The average Bonchev–Trinajstić information content (AvgIpc) is 3.33. The van der Waals surface area contributed by atoms with Gasteiger partial charge in [0.2, 0.25) is 10.0 Å². The zero-order chi connectivity index (χ0) is 22.6. The molecule has 1 aliphatic heterocycles. The van der Waals surface area contributed by atoms with E-state index in [2.05, 4.69) is 20.5 Å². The van der Waals surface area contributed by atoms with Crippen LogP contribution in [0.3, 0.4) is 0 Å². The Kier molecular flexibility index (Phi) is 6.89. The predicted molar refractivity (Wildman–Crippen MR) is 121 cm³/mol. The average molecular weight is 474 g/mol. The number of aromatic amines is 1. The van der Waals surface area contributed by atoms with Crippen LogP contribution in [0.25, 0.3) is 0 Å². The standard InChI is InChI=1S/C21H23N5O4S2/c1-15-2-7-18(12-19(15)32(28,29)26-8-10-30-11-9-26)24-20(27)17-5-3-16(4-6-17)13-31-21-22-14-23-25-21/h2-7,12,14H,8-11,13H2,1H3,(H,24,27)(H,22,23,25). The molecule has 1 aromatic heterocycles. The summed E-state index contributed by atoms with van der Waals surface area (Å²) in [4.78, 5) is 17.0. The molecular formula is C21H23N5O4S2. The van der Waals surface area contributed by atoms with Gasteiger partial charge in [0.1, 0.15) is 6.33 Å². The first-order valence-corrected chi connectivity index (χ1v) is 12.4. The predicted octanol–water partition coefficient (Wildman–Crippen LogP) is 2.68. The summed E-state index contributed by atoms with van der Waals surface area (Å²) in [7, 11) is -3.66. The molecule has 2 aromatic carbocycles. The van der Waals surface area contributed by atoms with Crippen molar-refractivity contribution < 1.29 is 17.9 Å². The largest absolute Gasteiger partial charge is 0.379 e. The van der Waals surface area contributed by atoms with Crippen LogP contribution in [0.1, 0.15) is 21.5 Å². The number of nitrogens with one attached hydrogen (secondary N) is 2. The van der Waals surface area contributed by atoms with Gasteiger partial charge in [-0.25, -0.2) is 13.4 Å². The summed E-state index contributed by atoms with van der Waals surface area (Å²) in [6.07, 6.45) is 1.46. The molecule has 4 rings (SSSR count). The fourth-order valence-electron chi connectivity index (χ4n) is 3.25. The van der Waals surface area contributed by atoms with E-state index in [9.17, 15) is 13.2 Å². The molecule has 0 unspecified atom stereocenters. The van der Waals surface area contributed by atoms with Crippen molar-refractivity contribution in [1.29, 1.82) is 0 Å². The van der Waals surface area contributed by atoms with Crippen LogP contribution in [0.4, 0.5) is 5.69 Å². The second kappa shape index (κ2) is 9.82. The number of morpholine rings is 1. The molecule has 0 atom stereocenters. The Labute approximate surface area is 190 Å². The normalized spacial score (nSPS) is 14.9. The number of amides is 1. The number of carbonyl (C=O) groups is 1. The van der Waals surface area contributed by atoms with E-state index in [1.807, 2.05) is 12.1 Å². The third-order valence-corrected chi connectivity index (χ3v) is 8.01. The lowest BCUT2D eigenvalue weighted by molar-refractivity contribution is 0.0730. The first kappa shape index (κ1) is 22.5. The molecule has 1 aliphatic rings. The van der Waals surface area contributed by atoms with Crippen molar-refractivity contribution in [2.75, 3.05) is 31.6 Å². The van der Waals surface area contributed by atoms with E-state index in [0.29, 0.717) is 48.9 Å². The van der Waals surface area contributed by atoms with Crippen LogP contribution in [0.2, 0.25) is 0 Å². The van der Waals surface area contributed by atoms with Gasteiger partial charge in [-0.2, -0.15) is 9.40 Å². The molecule has 0 aliphatic carbocycles. The third-order valence-electron chi connectivity index (χ3n) is 5.02. The molecule has 2 N–H and O–H groups in total. The van der Waals surface area contributed by atoms with E-state index < -0.39 is 10.0 Å². The van der Waals surface area contributed by atoms with E-state index in [1.54, 1.807) is 31.2 Å². The maximum absolute atomic E-state index is 13.0. The van der Waals surface area contributed by atoms with Crippen LogP contribution >= 0.6 is 11.8 Å². The number of anilines is 1. The molecule has 0 spiro atoms. The summed E-state index contributed by atoms with van der Waals surface area (Å²) in [6, 6.07) is 12.2. The highest BCUT2D eigenvalue weighted by molar-refractivity contribution is 7.98. The smallest absolute Gasteiger partial charge is 0.255 e. The maximum Gasteiger partial charge on any atom is 0.255 e. The van der Waals surface area contributed by atoms with Crippen molar-refractivity contribution in [2.24, 2.45) is 0 Å². The van der Waals surface area contributed by atoms with E-state index in [1.165, 1.54) is 28.5 Å². The number of rotatable bonds is 7. The highest BCUT2D eigenvalue weighted by Gasteiger charge is 2.28. The SMILES string of the molecule is Cc1ccc(NC(=O)c2ccc(CSc3ncn[nH]3)cc2)cc1S(=O)(=O)N1CCOCC1. The molecular weight excluding hydrogens is 450 g/mol. The zero-order valence-corrected chi connectivity index (χ0v) is 19.1. The molecule has 1 saturated heterocycles. The summed E-state index contributed by atoms with van der Waals surface area (Å²) in [6.45, 7) is 3.14. The number of ether oxygens (including phenoxy) is 1. The molecule has 11 heteroatoms. The molecule has 9 nitrogen and oxygen atoms in total. The van der Waals surface area contributed by atoms with Crippen molar-refractivity contribution in [3.8, 4) is 0 Å². The lowest BCUT2D eigenvalue weighted by Crippen LogP contribution is -2.40. The topological polar surface area (TPSA) is 117 Å². The van der Waals surface area contributed by atoms with Gasteiger partial charge in [0, 0.05) is 30.1 Å². The second-order valence-electron chi connectivity index (χ2n) is 7.23. The summed E-state index contributed by atoms with van der Waals surface area (Å²) < 4.78 is 32.8. The van der Waals surface area contributed by atoms with Gasteiger partial charge in [-0.05, 0) is 42.3 Å². The van der Waals surface area contributed by atoms with Gasteiger partial charge in [0.05, 0.1) is 18.1 Å². The molecule has 1 fully saturated rings. The minimum Gasteiger partial charge on any atom is -0.379 e. The Bertz CT molecular complexity index is 1180. The summed E-state index contributed by atoms with van der Waals surface area (Å²) in [5.41, 5.74) is 2.58. The van der Waals surface area contributed by atoms with Crippen LogP contribution in [-0.2, 0) is 20.5 Å². The Hall–Kier alpha value is -2.73. The van der Waals surface area contributed by atoms with E-state index >= 15 is 0 Å². The van der Waals surface area contributed by atoms with Crippen molar-refractivity contribution in [3.05, 3.63) is 65.5 Å². The van der Waals surface area contributed by atoms with Crippen LogP contribution in [0, 0.1) is 6.92 Å². The van der Waals surface area contributed by atoms with Crippen LogP contribution < -0.4 is 5.32 Å². The van der Waals surface area contributed by atoms with Gasteiger partial charge in [-0.1, -0.05) is 30.0 Å². The second-order valence-corrected chi connectivity index (χ2v) is 10.1. The molecule has 0 saturated carbocycles. The highest BCUT2D eigenvalue weighted by Crippen LogP contribution is 2.25. The summed E-state index contributed by atoms with van der Waals surface area (Å²) >= 11 is 1.52. The van der Waals surface area contributed by atoms with Crippen LogP contribution in [0.5, 0.6) is 0 Å². The monoisotopic (exact) mass is 473 g/mol. The lowest BCUT2D eigenvalue weighted by Gasteiger charge is -2.26. The van der Waals surface area contributed by atoms with Crippen LogP contribution in [0.15, 0.2) is 58.8 Å². The van der Waals surface area contributed by atoms with Gasteiger partial charge < -0.3 is 10.1 Å². The van der Waals surface area contributed by atoms with Gasteiger partial charge in [0.25, 0.3) is 5.91 Å². The molecule has 168 valence electrons. The van der Waals surface area contributed by atoms with Gasteiger partial charge in [0.15, 0.2) is 5.16 Å². The van der Waals surface area contributed by atoms with Crippen LogP contribution in [-0.4, -0.2) is 60.1 Å². The first-order chi connectivity index (χ1) is 15.4. The molecule has 2 heterocycles. The highest BCUT2D eigenvalue weighted by atomic mass is 32.2. The zero-order valence-electron chi connectivity index (χ0n) is 17.4. The molecule has 32 heavy (non-hydrogen) atoms. The molecule has 3 aromatic rings. The third kappa shape index (κ3) is 5.18. The Balaban J connectivity index is 1.44. The Morgan fingerprint density at radius 1 is 1.19 bits per heavy atom. The first-order valence-electron chi connectivity index (χ1n) is 10.0. The van der Waals surface area contributed by atoms with E-state index in [-0.39, 0.29) is 10.8 Å². The van der Waals surface area contributed by atoms with E-state index in [0.717, 1.165) is 10.7 Å². The number of aryl methyl sites for hydroxylation is 1. The number of nitrogens with zero attached hydrogens (tertiary/aromatic N) is 3. The molecule has 1 amide bonds. The quantitative estimate of drug-likeness (QED) is 0.507. The Morgan fingerprint density at radius 2 is 1.94 bits per heavy atom. The maximum atomic E-state index is 13.0. The number of benzene rings is 2. The summed E-state index contributed by atoms with van der Waals surface area (Å²) in [5.74, 6) is 0.385. The number of thioether (sulfide) groups is 1. The number of carbonyl (C=O) groups excluding carboxylic acids is 1. The van der Waals surface area contributed by atoms with Crippen molar-refractivity contribution in [2.45, 2.75) is 22.7 Å². The minimum atomic E-state index is -3.66. The fourth-order valence-corrected chi connectivity index (χ4v) is 5.65. The molecule has 0 radical (unpaired) electrons. The van der Waals surface area contributed by atoms with Gasteiger partial charge >= 0.3 is 0 Å². The minimum absolute atomic E-state index is 0.192. The van der Waals surface area contributed by atoms with Gasteiger partial charge in [-0.15, -0.1) is 0 Å². The summed E-state index contributed by atoms with van der Waals surface area (Å²) in [5, 5.41) is 10.1. The number of sulfonamides is 1. The van der Waals surface area contributed by atoms with Crippen molar-refractivity contribution in [3.63, 3.8) is 0 Å². The van der Waals surface area contributed by atoms with Crippen molar-refractivity contribution >= 4 is 33.4 Å².